The van der Waals surface area contributed by atoms with Gasteiger partial charge in [-0.15, -0.1) is 0 Å². The largest absolute Gasteiger partial charge is 0.506 e. The molecule has 0 aliphatic heterocycles. The SMILES string of the molecule is Oc1ccccc1NC(=C1CCC1)c1ccncc1F. The van der Waals surface area contributed by atoms with Crippen LogP contribution in [0.4, 0.5) is 10.1 Å². The zero-order valence-corrected chi connectivity index (χ0v) is 10.9. The fraction of sp³-hybridized carbons (Fsp3) is 0.188. The van der Waals surface area contributed by atoms with Gasteiger partial charge in [0.25, 0.3) is 0 Å². The number of halogens is 1. The molecule has 1 aliphatic rings. The third-order valence-electron chi connectivity index (χ3n) is 3.52. The van der Waals surface area contributed by atoms with Crippen LogP contribution in [0.1, 0.15) is 24.8 Å². The van der Waals surface area contributed by atoms with Gasteiger partial charge in [-0.2, -0.15) is 0 Å². The number of pyridine rings is 1. The zero-order chi connectivity index (χ0) is 13.9. The molecular weight excluding hydrogens is 255 g/mol. The summed E-state index contributed by atoms with van der Waals surface area (Å²) in [6.45, 7) is 0. The van der Waals surface area contributed by atoms with Gasteiger partial charge in [0.05, 0.1) is 11.9 Å². The molecule has 0 amide bonds. The summed E-state index contributed by atoms with van der Waals surface area (Å²) < 4.78 is 14.0. The van der Waals surface area contributed by atoms with E-state index in [0.29, 0.717) is 11.3 Å². The van der Waals surface area contributed by atoms with Crippen LogP contribution in [0, 0.1) is 5.82 Å². The van der Waals surface area contributed by atoms with Gasteiger partial charge in [0, 0.05) is 17.5 Å². The number of phenolic OH excluding ortho intramolecular Hbond substituents is 1. The molecular formula is C16H15FN2O. The molecule has 20 heavy (non-hydrogen) atoms. The molecule has 0 unspecified atom stereocenters. The van der Waals surface area contributed by atoms with E-state index in [9.17, 15) is 9.50 Å². The number of hydrogen-bond donors (Lipinski definition) is 2. The first-order valence-electron chi connectivity index (χ1n) is 6.62. The number of anilines is 1. The highest BCUT2D eigenvalue weighted by atomic mass is 19.1. The number of rotatable bonds is 3. The summed E-state index contributed by atoms with van der Waals surface area (Å²) in [7, 11) is 0. The quantitative estimate of drug-likeness (QED) is 0.830. The van der Waals surface area contributed by atoms with Gasteiger partial charge in [0.2, 0.25) is 0 Å². The lowest BCUT2D eigenvalue weighted by atomic mass is 9.88. The Morgan fingerprint density at radius 3 is 2.65 bits per heavy atom. The number of allylic oxidation sites excluding steroid dienone is 1. The molecule has 2 N–H and O–H groups in total. The molecule has 0 spiro atoms. The fourth-order valence-electron chi connectivity index (χ4n) is 2.24. The van der Waals surface area contributed by atoms with Crippen LogP contribution in [-0.2, 0) is 0 Å². The van der Waals surface area contributed by atoms with Gasteiger partial charge in [0.15, 0.2) is 5.82 Å². The average molecular weight is 270 g/mol. The Kier molecular flexibility index (Phi) is 3.37. The predicted octanol–water partition coefficient (Wildman–Crippen LogP) is 3.93. The number of aromatic hydroxyl groups is 1. The second-order valence-electron chi connectivity index (χ2n) is 4.83. The highest BCUT2D eigenvalue weighted by molar-refractivity contribution is 5.81. The number of nitrogens with one attached hydrogen (secondary N) is 1. The van der Waals surface area contributed by atoms with Crippen LogP contribution in [0.15, 0.2) is 48.3 Å². The maximum atomic E-state index is 14.0. The lowest BCUT2D eigenvalue weighted by Gasteiger charge is -2.24. The van der Waals surface area contributed by atoms with Crippen molar-refractivity contribution in [1.29, 1.82) is 0 Å². The second-order valence-corrected chi connectivity index (χ2v) is 4.83. The van der Waals surface area contributed by atoms with Crippen molar-refractivity contribution in [1.82, 2.24) is 4.98 Å². The summed E-state index contributed by atoms with van der Waals surface area (Å²) in [5.41, 5.74) is 3.01. The molecule has 3 rings (SSSR count). The molecule has 0 bridgehead atoms. The minimum Gasteiger partial charge on any atom is -0.506 e. The molecule has 3 nitrogen and oxygen atoms in total. The van der Waals surface area contributed by atoms with Crippen LogP contribution in [-0.4, -0.2) is 10.1 Å². The van der Waals surface area contributed by atoms with E-state index >= 15 is 0 Å². The lowest BCUT2D eigenvalue weighted by molar-refractivity contribution is 0.477. The molecule has 1 heterocycles. The maximum absolute atomic E-state index is 14.0. The highest BCUT2D eigenvalue weighted by Crippen LogP contribution is 2.36. The van der Waals surface area contributed by atoms with Gasteiger partial charge in [-0.05, 0) is 43.0 Å². The van der Waals surface area contributed by atoms with Crippen molar-refractivity contribution in [3.8, 4) is 5.75 Å². The monoisotopic (exact) mass is 270 g/mol. The van der Waals surface area contributed by atoms with E-state index in [4.69, 9.17) is 0 Å². The van der Waals surface area contributed by atoms with Crippen molar-refractivity contribution in [2.75, 3.05) is 5.32 Å². The van der Waals surface area contributed by atoms with Crippen LogP contribution in [0.2, 0.25) is 0 Å². The minimum atomic E-state index is -0.357. The molecule has 1 aromatic carbocycles. The van der Waals surface area contributed by atoms with E-state index < -0.39 is 0 Å². The van der Waals surface area contributed by atoms with Crippen LogP contribution in [0.5, 0.6) is 5.75 Å². The molecule has 0 radical (unpaired) electrons. The smallest absolute Gasteiger partial charge is 0.150 e. The van der Waals surface area contributed by atoms with Crippen LogP contribution in [0.25, 0.3) is 5.70 Å². The van der Waals surface area contributed by atoms with Gasteiger partial charge in [-0.25, -0.2) is 4.39 Å². The van der Waals surface area contributed by atoms with Crippen LogP contribution < -0.4 is 5.32 Å². The third-order valence-corrected chi connectivity index (χ3v) is 3.52. The number of phenols is 1. The number of aromatic nitrogens is 1. The molecule has 1 aliphatic carbocycles. The van der Waals surface area contributed by atoms with Crippen molar-refractivity contribution >= 4 is 11.4 Å². The average Bonchev–Trinajstić information content (AvgIpc) is 2.39. The summed E-state index contributed by atoms with van der Waals surface area (Å²) in [4.78, 5) is 3.78. The van der Waals surface area contributed by atoms with Gasteiger partial charge in [0.1, 0.15) is 5.75 Å². The van der Waals surface area contributed by atoms with Gasteiger partial charge in [-0.3, -0.25) is 4.98 Å². The van der Waals surface area contributed by atoms with Crippen molar-refractivity contribution < 1.29 is 9.50 Å². The molecule has 0 atom stereocenters. The summed E-state index contributed by atoms with van der Waals surface area (Å²) in [5.74, 6) is -0.204. The van der Waals surface area contributed by atoms with Crippen molar-refractivity contribution in [2.24, 2.45) is 0 Å². The molecule has 102 valence electrons. The van der Waals surface area contributed by atoms with E-state index in [1.807, 2.05) is 6.07 Å². The standard InChI is InChI=1S/C16H15FN2O/c17-13-10-18-9-8-12(13)16(11-4-3-5-11)19-14-6-1-2-7-15(14)20/h1-2,6-10,19-20H,3-5H2. The van der Waals surface area contributed by atoms with E-state index in [0.717, 1.165) is 25.0 Å². The number of para-hydroxylation sites is 2. The summed E-state index contributed by atoms with van der Waals surface area (Å²) >= 11 is 0. The first-order valence-corrected chi connectivity index (χ1v) is 6.62. The van der Waals surface area contributed by atoms with E-state index in [1.165, 1.54) is 11.8 Å². The van der Waals surface area contributed by atoms with E-state index in [1.54, 1.807) is 30.5 Å². The summed E-state index contributed by atoms with van der Waals surface area (Å²) in [6.07, 6.45) is 5.81. The Morgan fingerprint density at radius 1 is 1.20 bits per heavy atom. The normalized spacial score (nSPS) is 13.8. The van der Waals surface area contributed by atoms with Crippen molar-refractivity contribution in [2.45, 2.75) is 19.3 Å². The second kappa shape index (κ2) is 5.33. The third kappa shape index (κ3) is 2.37. The summed E-state index contributed by atoms with van der Waals surface area (Å²) in [6, 6.07) is 8.61. The minimum absolute atomic E-state index is 0.152. The Bertz CT molecular complexity index is 661. The van der Waals surface area contributed by atoms with Crippen LogP contribution in [0.3, 0.4) is 0 Å². The Morgan fingerprint density at radius 2 is 2.00 bits per heavy atom. The van der Waals surface area contributed by atoms with Crippen LogP contribution >= 0.6 is 0 Å². The first-order chi connectivity index (χ1) is 9.75. The molecule has 4 heteroatoms. The summed E-state index contributed by atoms with van der Waals surface area (Å²) in [5, 5.41) is 13.0. The molecule has 0 saturated heterocycles. The molecule has 1 aromatic heterocycles. The predicted molar refractivity (Wildman–Crippen MR) is 76.7 cm³/mol. The lowest BCUT2D eigenvalue weighted by Crippen LogP contribution is -2.10. The Balaban J connectivity index is 2.01. The number of hydrogen-bond acceptors (Lipinski definition) is 3. The first kappa shape index (κ1) is 12.7. The molecule has 2 aromatic rings. The van der Waals surface area contributed by atoms with Gasteiger partial charge in [-0.1, -0.05) is 12.1 Å². The topological polar surface area (TPSA) is 45.1 Å². The number of nitrogens with zero attached hydrogens (tertiary/aromatic N) is 1. The Hall–Kier alpha value is -2.36. The highest BCUT2D eigenvalue weighted by Gasteiger charge is 2.19. The van der Waals surface area contributed by atoms with E-state index in [2.05, 4.69) is 10.3 Å². The maximum Gasteiger partial charge on any atom is 0.150 e. The zero-order valence-electron chi connectivity index (χ0n) is 10.9. The van der Waals surface area contributed by atoms with Crippen molar-refractivity contribution in [3.05, 3.63) is 59.7 Å². The number of benzene rings is 1. The molecule has 1 fully saturated rings. The van der Waals surface area contributed by atoms with Gasteiger partial charge < -0.3 is 10.4 Å². The van der Waals surface area contributed by atoms with E-state index in [-0.39, 0.29) is 11.6 Å². The van der Waals surface area contributed by atoms with Gasteiger partial charge >= 0.3 is 0 Å². The fourth-order valence-corrected chi connectivity index (χ4v) is 2.24. The molecule has 1 saturated carbocycles. The van der Waals surface area contributed by atoms with Crippen molar-refractivity contribution in [3.63, 3.8) is 0 Å². The Labute approximate surface area is 116 Å².